The van der Waals surface area contributed by atoms with Crippen molar-refractivity contribution in [3.05, 3.63) is 47.5 Å². The zero-order chi connectivity index (χ0) is 23.0. The summed E-state index contributed by atoms with van der Waals surface area (Å²) in [6.45, 7) is 9.13. The number of anilines is 1. The van der Waals surface area contributed by atoms with Crippen LogP contribution >= 0.6 is 11.6 Å². The monoisotopic (exact) mass is 457 g/mol. The van der Waals surface area contributed by atoms with Gasteiger partial charge >= 0.3 is 6.09 Å². The summed E-state index contributed by atoms with van der Waals surface area (Å²) in [5, 5.41) is 10.7. The lowest BCUT2D eigenvalue weighted by atomic mass is 10.0. The summed E-state index contributed by atoms with van der Waals surface area (Å²) < 4.78 is 20.1. The maximum Gasteiger partial charge on any atom is 0.410 e. The number of nitrogens with zero attached hydrogens (tertiary/aromatic N) is 5. The quantitative estimate of drug-likeness (QED) is 0.543. The second kappa shape index (κ2) is 8.50. The highest BCUT2D eigenvalue weighted by atomic mass is 35.5. The zero-order valence-electron chi connectivity index (χ0n) is 18.5. The fourth-order valence-electron chi connectivity index (χ4n) is 3.84. The Morgan fingerprint density at radius 3 is 2.66 bits per heavy atom. The van der Waals surface area contributed by atoms with E-state index in [0.717, 1.165) is 10.8 Å². The summed E-state index contributed by atoms with van der Waals surface area (Å²) >= 11 is 5.91. The Bertz CT molecular complexity index is 1170. The first kappa shape index (κ1) is 22.2. The predicted molar refractivity (Wildman–Crippen MR) is 122 cm³/mol. The molecule has 0 bridgehead atoms. The van der Waals surface area contributed by atoms with Crippen molar-refractivity contribution in [2.75, 3.05) is 24.5 Å². The highest BCUT2D eigenvalue weighted by molar-refractivity contribution is 6.30. The van der Waals surface area contributed by atoms with Gasteiger partial charge in [0.25, 0.3) is 0 Å². The topological polar surface area (TPSA) is 71.5 Å². The number of rotatable bonds is 2. The second-order valence-corrected chi connectivity index (χ2v) is 9.32. The molecule has 0 spiro atoms. The lowest BCUT2D eigenvalue weighted by Crippen LogP contribution is -2.55. The van der Waals surface area contributed by atoms with Crippen LogP contribution < -0.4 is 4.90 Å². The molecule has 1 aliphatic heterocycles. The van der Waals surface area contributed by atoms with Crippen LogP contribution in [0.4, 0.5) is 15.0 Å². The number of carbonyl (C=O) groups is 1. The number of fused-ring (bicyclic) bond motifs is 1. The Hall–Kier alpha value is -3.00. The normalized spacial score (nSPS) is 17.0. The van der Waals surface area contributed by atoms with Crippen molar-refractivity contribution < 1.29 is 13.9 Å². The van der Waals surface area contributed by atoms with Crippen LogP contribution in [-0.4, -0.2) is 57.5 Å². The maximum absolute atomic E-state index is 14.6. The molecule has 1 amide bonds. The number of hydrogen-bond donors (Lipinski definition) is 0. The molecular weight excluding hydrogens is 433 g/mol. The van der Waals surface area contributed by atoms with Gasteiger partial charge in [-0.15, -0.1) is 10.2 Å². The molecule has 1 unspecified atom stereocenters. The molecular formula is C23H25ClFN5O2. The van der Waals surface area contributed by atoms with Crippen molar-refractivity contribution in [1.82, 2.24) is 20.1 Å². The van der Waals surface area contributed by atoms with Crippen LogP contribution in [0.25, 0.3) is 22.0 Å². The van der Waals surface area contributed by atoms with Gasteiger partial charge in [0, 0.05) is 59.4 Å². The number of halogens is 2. The van der Waals surface area contributed by atoms with Gasteiger partial charge in [0.1, 0.15) is 17.1 Å². The third-order valence-electron chi connectivity index (χ3n) is 5.30. The highest BCUT2D eigenvalue weighted by Gasteiger charge is 2.31. The molecule has 3 heterocycles. The van der Waals surface area contributed by atoms with Crippen LogP contribution in [0.3, 0.4) is 0 Å². The molecule has 0 radical (unpaired) electrons. The summed E-state index contributed by atoms with van der Waals surface area (Å²) in [5.41, 5.74) is 0.213. The van der Waals surface area contributed by atoms with Crippen molar-refractivity contribution in [3.8, 4) is 11.3 Å². The Kier molecular flexibility index (Phi) is 5.90. The number of pyridine rings is 1. The molecule has 1 saturated heterocycles. The first-order valence-corrected chi connectivity index (χ1v) is 10.8. The van der Waals surface area contributed by atoms with Crippen molar-refractivity contribution in [2.24, 2.45) is 0 Å². The fraction of sp³-hybridized carbons (Fsp3) is 0.391. The molecule has 0 saturated carbocycles. The molecule has 168 valence electrons. The number of ether oxygens (including phenoxy) is 1. The van der Waals surface area contributed by atoms with Crippen molar-refractivity contribution in [3.63, 3.8) is 0 Å². The molecule has 4 rings (SSSR count). The zero-order valence-corrected chi connectivity index (χ0v) is 19.2. The lowest BCUT2D eigenvalue weighted by Gasteiger charge is -2.40. The number of hydrogen-bond acceptors (Lipinski definition) is 6. The summed E-state index contributed by atoms with van der Waals surface area (Å²) in [7, 11) is 0. The van der Waals surface area contributed by atoms with Crippen LogP contribution in [0.2, 0.25) is 5.02 Å². The van der Waals surface area contributed by atoms with Gasteiger partial charge in [0.05, 0.1) is 0 Å². The Morgan fingerprint density at radius 2 is 1.97 bits per heavy atom. The first-order valence-electron chi connectivity index (χ1n) is 10.4. The third-order valence-corrected chi connectivity index (χ3v) is 5.53. The minimum atomic E-state index is -0.544. The van der Waals surface area contributed by atoms with E-state index in [0.29, 0.717) is 41.7 Å². The average molecular weight is 458 g/mol. The summed E-state index contributed by atoms with van der Waals surface area (Å²) in [6.07, 6.45) is 3.04. The van der Waals surface area contributed by atoms with E-state index in [1.54, 1.807) is 35.5 Å². The van der Waals surface area contributed by atoms with Crippen molar-refractivity contribution in [1.29, 1.82) is 0 Å². The van der Waals surface area contributed by atoms with Gasteiger partial charge in [-0.2, -0.15) is 0 Å². The SMILES string of the molecule is CC1CN(C(=O)OC(C)(C)C)CCN1c1nnc(-c2ccc(Cl)cc2F)c2ccncc12. The van der Waals surface area contributed by atoms with E-state index in [-0.39, 0.29) is 12.1 Å². The first-order chi connectivity index (χ1) is 15.1. The van der Waals surface area contributed by atoms with E-state index in [1.165, 1.54) is 6.07 Å². The lowest BCUT2D eigenvalue weighted by molar-refractivity contribution is 0.0218. The van der Waals surface area contributed by atoms with Gasteiger partial charge in [-0.25, -0.2) is 9.18 Å². The Balaban J connectivity index is 1.66. The molecule has 1 aliphatic rings. The minimum absolute atomic E-state index is 0.0212. The molecule has 9 heteroatoms. The van der Waals surface area contributed by atoms with Crippen molar-refractivity contribution >= 4 is 34.3 Å². The van der Waals surface area contributed by atoms with E-state index < -0.39 is 11.4 Å². The number of amides is 1. The number of carbonyl (C=O) groups excluding carboxylic acids is 1. The van der Waals surface area contributed by atoms with E-state index in [2.05, 4.69) is 20.1 Å². The molecule has 1 aromatic carbocycles. The smallest absolute Gasteiger partial charge is 0.410 e. The number of piperazine rings is 1. The van der Waals surface area contributed by atoms with Crippen LogP contribution in [-0.2, 0) is 4.74 Å². The summed E-state index contributed by atoms with van der Waals surface area (Å²) in [4.78, 5) is 20.5. The van der Waals surface area contributed by atoms with Gasteiger partial charge in [0.2, 0.25) is 0 Å². The largest absolute Gasteiger partial charge is 0.444 e. The van der Waals surface area contributed by atoms with Crippen molar-refractivity contribution in [2.45, 2.75) is 39.3 Å². The predicted octanol–water partition coefficient (Wildman–Crippen LogP) is 4.93. The number of benzene rings is 1. The molecule has 1 atom stereocenters. The van der Waals surface area contributed by atoms with Crippen LogP contribution in [0.1, 0.15) is 27.7 Å². The third kappa shape index (κ3) is 4.46. The second-order valence-electron chi connectivity index (χ2n) is 8.89. The Labute approximate surface area is 191 Å². The highest BCUT2D eigenvalue weighted by Crippen LogP contribution is 2.34. The van der Waals surface area contributed by atoms with Gasteiger partial charge in [0.15, 0.2) is 5.82 Å². The molecule has 32 heavy (non-hydrogen) atoms. The van der Waals surface area contributed by atoms with Gasteiger partial charge in [-0.1, -0.05) is 11.6 Å². The van der Waals surface area contributed by atoms with Gasteiger partial charge < -0.3 is 14.5 Å². The molecule has 7 nitrogen and oxygen atoms in total. The van der Waals surface area contributed by atoms with Gasteiger partial charge in [-0.05, 0) is 52.0 Å². The van der Waals surface area contributed by atoms with E-state index >= 15 is 0 Å². The van der Waals surface area contributed by atoms with Crippen LogP contribution in [0.5, 0.6) is 0 Å². The van der Waals surface area contributed by atoms with E-state index in [4.69, 9.17) is 16.3 Å². The maximum atomic E-state index is 14.6. The van der Waals surface area contributed by atoms with E-state index in [1.807, 2.05) is 27.7 Å². The number of aromatic nitrogens is 3. The summed E-state index contributed by atoms with van der Waals surface area (Å²) in [5.74, 6) is 0.194. The fourth-order valence-corrected chi connectivity index (χ4v) is 4.00. The van der Waals surface area contributed by atoms with Gasteiger partial charge in [-0.3, -0.25) is 4.98 Å². The standard InChI is InChI=1S/C23H25ClFN5O2/c1-14-13-29(22(31)32-23(2,3)4)9-10-30(14)21-18-12-26-8-7-16(18)20(27-28-21)17-6-5-15(24)11-19(17)25/h5-8,11-12,14H,9-10,13H2,1-4H3. The van der Waals surface area contributed by atoms with Crippen LogP contribution in [0.15, 0.2) is 36.7 Å². The molecule has 0 N–H and O–H groups in total. The van der Waals surface area contributed by atoms with Crippen LogP contribution in [0, 0.1) is 5.82 Å². The molecule has 1 fully saturated rings. The summed E-state index contributed by atoms with van der Waals surface area (Å²) in [6, 6.07) is 6.27. The molecule has 2 aromatic heterocycles. The minimum Gasteiger partial charge on any atom is -0.444 e. The Morgan fingerprint density at radius 1 is 1.19 bits per heavy atom. The average Bonchev–Trinajstić information content (AvgIpc) is 2.72. The van der Waals surface area contributed by atoms with E-state index in [9.17, 15) is 9.18 Å². The molecule has 3 aromatic rings. The molecule has 0 aliphatic carbocycles.